The number of ether oxygens (including phenoxy) is 1. The van der Waals surface area contributed by atoms with Gasteiger partial charge in [-0.1, -0.05) is 48.5 Å². The Bertz CT molecular complexity index is 1500. The molecule has 4 aromatic rings. The molecule has 2 N–H and O–H groups in total. The molecule has 3 aromatic carbocycles. The summed E-state index contributed by atoms with van der Waals surface area (Å²) in [4.78, 5) is 9.14. The third-order valence-electron chi connectivity index (χ3n) is 6.10. The van der Waals surface area contributed by atoms with E-state index in [1.54, 1.807) is 24.3 Å². The first-order valence-electron chi connectivity index (χ1n) is 11.3. The van der Waals surface area contributed by atoms with E-state index in [1.165, 1.54) is 0 Å². The number of sulfonamides is 1. The van der Waals surface area contributed by atoms with E-state index in [9.17, 15) is 8.42 Å². The Morgan fingerprint density at radius 2 is 1.57 bits per heavy atom. The fourth-order valence-corrected chi connectivity index (χ4v) is 5.34. The van der Waals surface area contributed by atoms with Gasteiger partial charge in [0.05, 0.1) is 17.1 Å². The highest BCUT2D eigenvalue weighted by Crippen LogP contribution is 2.32. The number of hydrogen-bond acceptors (Lipinski definition) is 6. The van der Waals surface area contributed by atoms with Crippen LogP contribution in [0.3, 0.4) is 0 Å². The summed E-state index contributed by atoms with van der Waals surface area (Å²) >= 11 is 0. The first-order valence-corrected chi connectivity index (χ1v) is 12.8. The van der Waals surface area contributed by atoms with Gasteiger partial charge in [0.1, 0.15) is 6.10 Å². The Kier molecular flexibility index (Phi) is 5.90. The number of nitrogens with one attached hydrogen (secondary N) is 2. The van der Waals surface area contributed by atoms with Gasteiger partial charge in [-0.15, -0.1) is 0 Å². The van der Waals surface area contributed by atoms with Crippen molar-refractivity contribution in [2.24, 2.45) is 0 Å². The van der Waals surface area contributed by atoms with Gasteiger partial charge in [0.15, 0.2) is 0 Å². The van der Waals surface area contributed by atoms with Gasteiger partial charge in [-0.25, -0.2) is 18.1 Å². The Labute approximate surface area is 205 Å². The molecule has 2 heterocycles. The standard InChI is InChI=1S/C27H26N4O3S/c1-17-8-4-5-13-22(17)24-16-28-20-11-7-12-21(14-20)35(32,33)31-27-29-23(15-25(30-27)34-24)26-18(2)9-6-10-19(26)3/h4-15,24,28H,16H2,1-3H3,(H,29,30,31)/t24-/m0/s1. The van der Waals surface area contributed by atoms with Gasteiger partial charge >= 0.3 is 0 Å². The number of hydrogen-bond donors (Lipinski definition) is 2. The first kappa shape index (κ1) is 22.9. The van der Waals surface area contributed by atoms with Crippen LogP contribution in [-0.2, 0) is 10.0 Å². The number of aromatic nitrogens is 2. The van der Waals surface area contributed by atoms with Crippen molar-refractivity contribution in [2.45, 2.75) is 31.8 Å². The highest BCUT2D eigenvalue weighted by molar-refractivity contribution is 7.92. The summed E-state index contributed by atoms with van der Waals surface area (Å²) in [5.74, 6) is 0.247. The van der Waals surface area contributed by atoms with E-state index in [4.69, 9.17) is 4.74 Å². The van der Waals surface area contributed by atoms with Crippen LogP contribution >= 0.6 is 0 Å². The molecule has 1 atom stereocenters. The molecule has 0 saturated heterocycles. The monoisotopic (exact) mass is 486 g/mol. The molecule has 35 heavy (non-hydrogen) atoms. The van der Waals surface area contributed by atoms with Gasteiger partial charge in [0.25, 0.3) is 10.0 Å². The van der Waals surface area contributed by atoms with E-state index in [1.807, 2.05) is 69.3 Å². The van der Waals surface area contributed by atoms with Gasteiger partial charge in [-0.2, -0.15) is 4.98 Å². The van der Waals surface area contributed by atoms with E-state index in [2.05, 4.69) is 20.0 Å². The average Bonchev–Trinajstić information content (AvgIpc) is 2.81. The van der Waals surface area contributed by atoms with Crippen LogP contribution in [-0.4, -0.2) is 24.9 Å². The lowest BCUT2D eigenvalue weighted by Gasteiger charge is -2.23. The van der Waals surface area contributed by atoms with E-state index in [-0.39, 0.29) is 22.8 Å². The number of rotatable bonds is 2. The van der Waals surface area contributed by atoms with Crippen LogP contribution in [0.1, 0.15) is 28.4 Å². The highest BCUT2D eigenvalue weighted by atomic mass is 32.2. The number of anilines is 2. The maximum atomic E-state index is 13.1. The second-order valence-corrected chi connectivity index (χ2v) is 10.3. The SMILES string of the molecule is Cc1ccccc1[C@@H]1CNc2cccc(c2)S(=O)(=O)Nc2nc(cc(-c3c(C)cccc3C)n2)O1. The van der Waals surface area contributed by atoms with Gasteiger partial charge in [0, 0.05) is 17.3 Å². The number of fused-ring (bicyclic) bond motifs is 4. The fraction of sp³-hybridized carbons (Fsp3) is 0.185. The molecule has 4 bridgehead atoms. The predicted molar refractivity (Wildman–Crippen MR) is 137 cm³/mol. The van der Waals surface area contributed by atoms with Gasteiger partial charge in [-0.05, 0) is 61.2 Å². The Morgan fingerprint density at radius 3 is 2.34 bits per heavy atom. The molecule has 1 aromatic heterocycles. The Hall–Kier alpha value is -3.91. The van der Waals surface area contributed by atoms with Crippen LogP contribution in [0.5, 0.6) is 5.88 Å². The van der Waals surface area contributed by atoms with Crippen molar-refractivity contribution in [3.8, 4) is 17.1 Å². The van der Waals surface area contributed by atoms with E-state index in [0.717, 1.165) is 27.8 Å². The molecule has 0 saturated carbocycles. The van der Waals surface area contributed by atoms with Gasteiger partial charge in [-0.3, -0.25) is 0 Å². The molecule has 0 fully saturated rings. The minimum absolute atomic E-state index is 0.0392. The topological polar surface area (TPSA) is 93.2 Å². The van der Waals surface area contributed by atoms with Crippen LogP contribution in [0.2, 0.25) is 0 Å². The summed E-state index contributed by atoms with van der Waals surface area (Å²) in [7, 11) is -3.91. The molecule has 0 aliphatic carbocycles. The molecule has 0 radical (unpaired) electrons. The first-order chi connectivity index (χ1) is 16.8. The normalized spacial score (nSPS) is 16.6. The van der Waals surface area contributed by atoms with Crippen molar-refractivity contribution < 1.29 is 13.2 Å². The van der Waals surface area contributed by atoms with E-state index >= 15 is 0 Å². The van der Waals surface area contributed by atoms with Crippen molar-refractivity contribution >= 4 is 21.7 Å². The molecular formula is C27H26N4O3S. The van der Waals surface area contributed by atoms with Crippen molar-refractivity contribution in [3.63, 3.8) is 0 Å². The Morgan fingerprint density at radius 1 is 0.857 bits per heavy atom. The lowest BCUT2D eigenvalue weighted by Crippen LogP contribution is -2.22. The molecular weight excluding hydrogens is 460 g/mol. The molecule has 8 heteroatoms. The highest BCUT2D eigenvalue weighted by Gasteiger charge is 2.23. The third kappa shape index (κ3) is 4.70. The van der Waals surface area contributed by atoms with Crippen molar-refractivity contribution in [1.82, 2.24) is 9.97 Å². The van der Waals surface area contributed by atoms with Crippen LogP contribution in [0, 0.1) is 20.8 Å². The van der Waals surface area contributed by atoms with Gasteiger partial charge < -0.3 is 10.1 Å². The molecule has 5 rings (SSSR count). The maximum Gasteiger partial charge on any atom is 0.264 e. The van der Waals surface area contributed by atoms with E-state index in [0.29, 0.717) is 17.9 Å². The Balaban J connectivity index is 1.70. The lowest BCUT2D eigenvalue weighted by atomic mass is 10.00. The summed E-state index contributed by atoms with van der Waals surface area (Å²) in [5.41, 5.74) is 6.33. The van der Waals surface area contributed by atoms with Crippen molar-refractivity contribution in [2.75, 3.05) is 16.6 Å². The number of benzene rings is 3. The van der Waals surface area contributed by atoms with Crippen molar-refractivity contribution in [1.29, 1.82) is 0 Å². The zero-order valence-corrected chi connectivity index (χ0v) is 20.6. The smallest absolute Gasteiger partial charge is 0.264 e. The molecule has 0 unspecified atom stereocenters. The summed E-state index contributed by atoms with van der Waals surface area (Å²) in [6.07, 6.45) is -0.371. The summed E-state index contributed by atoms with van der Waals surface area (Å²) in [5, 5.41) is 3.33. The van der Waals surface area contributed by atoms with Crippen LogP contribution in [0.25, 0.3) is 11.3 Å². The zero-order valence-electron chi connectivity index (χ0n) is 19.7. The molecule has 178 valence electrons. The maximum absolute atomic E-state index is 13.1. The number of aryl methyl sites for hydroxylation is 3. The molecule has 0 spiro atoms. The second kappa shape index (κ2) is 9.03. The fourth-order valence-electron chi connectivity index (χ4n) is 4.35. The minimum atomic E-state index is -3.91. The lowest BCUT2D eigenvalue weighted by molar-refractivity contribution is 0.209. The number of nitrogens with zero attached hydrogens (tertiary/aromatic N) is 2. The second-order valence-electron chi connectivity index (χ2n) is 8.66. The predicted octanol–water partition coefficient (Wildman–Crippen LogP) is 5.42. The summed E-state index contributed by atoms with van der Waals surface area (Å²) < 4.78 is 35.2. The quantitative estimate of drug-likeness (QED) is 0.393. The van der Waals surface area contributed by atoms with Crippen LogP contribution < -0.4 is 14.8 Å². The average molecular weight is 487 g/mol. The summed E-state index contributed by atoms with van der Waals surface area (Å²) in [6, 6.07) is 22.4. The largest absolute Gasteiger partial charge is 0.467 e. The molecule has 1 aliphatic rings. The van der Waals surface area contributed by atoms with E-state index < -0.39 is 10.0 Å². The van der Waals surface area contributed by atoms with Gasteiger partial charge in [0.2, 0.25) is 11.8 Å². The van der Waals surface area contributed by atoms with Crippen molar-refractivity contribution in [3.05, 3.63) is 95.1 Å². The third-order valence-corrected chi connectivity index (χ3v) is 7.43. The molecule has 7 nitrogen and oxygen atoms in total. The molecule has 0 amide bonds. The van der Waals surface area contributed by atoms with Crippen LogP contribution in [0.15, 0.2) is 77.7 Å². The zero-order chi connectivity index (χ0) is 24.6. The summed E-state index contributed by atoms with van der Waals surface area (Å²) in [6.45, 7) is 6.45. The minimum Gasteiger partial charge on any atom is -0.467 e. The van der Waals surface area contributed by atoms with Crippen LogP contribution in [0.4, 0.5) is 11.6 Å². The molecule has 1 aliphatic heterocycles.